The van der Waals surface area contributed by atoms with E-state index < -0.39 is 5.97 Å². The third kappa shape index (κ3) is 2.29. The Morgan fingerprint density at radius 3 is 2.83 bits per heavy atom. The van der Waals surface area contributed by atoms with Crippen molar-refractivity contribution in [2.75, 3.05) is 5.32 Å². The van der Waals surface area contributed by atoms with Gasteiger partial charge in [0, 0.05) is 23.6 Å². The molecular formula is C13H11FN2O2. The summed E-state index contributed by atoms with van der Waals surface area (Å²) < 4.78 is 13.4. The Kier molecular flexibility index (Phi) is 3.23. The fourth-order valence-corrected chi connectivity index (χ4v) is 1.56. The van der Waals surface area contributed by atoms with Crippen molar-refractivity contribution in [3.63, 3.8) is 0 Å². The van der Waals surface area contributed by atoms with Crippen LogP contribution >= 0.6 is 0 Å². The average molecular weight is 246 g/mol. The highest BCUT2D eigenvalue weighted by molar-refractivity contribution is 5.94. The lowest BCUT2D eigenvalue weighted by atomic mass is 10.1. The molecule has 0 saturated heterocycles. The normalized spacial score (nSPS) is 10.1. The maximum absolute atomic E-state index is 13.4. The van der Waals surface area contributed by atoms with Crippen LogP contribution in [0.3, 0.4) is 0 Å². The topological polar surface area (TPSA) is 62.2 Å². The number of aromatic nitrogens is 1. The third-order valence-corrected chi connectivity index (χ3v) is 2.59. The lowest BCUT2D eigenvalue weighted by Gasteiger charge is -2.11. The number of halogens is 1. The lowest BCUT2D eigenvalue weighted by molar-refractivity contribution is 0.0697. The monoisotopic (exact) mass is 246 g/mol. The standard InChI is InChI=1S/C13H11FN2O2/c1-8-10(14)3-2-4-11(8)16-12-5-6-15-7-9(12)13(17)18/h2-7H,1H3,(H,15,16)(H,17,18). The number of pyridine rings is 1. The zero-order valence-electron chi connectivity index (χ0n) is 9.64. The molecule has 0 amide bonds. The number of anilines is 2. The average Bonchev–Trinajstić information content (AvgIpc) is 2.35. The molecule has 1 aromatic heterocycles. The Hall–Kier alpha value is -2.43. The van der Waals surface area contributed by atoms with Crippen LogP contribution in [0, 0.1) is 12.7 Å². The predicted molar refractivity (Wildman–Crippen MR) is 65.6 cm³/mol. The highest BCUT2D eigenvalue weighted by atomic mass is 19.1. The number of carboxylic acids is 1. The van der Waals surface area contributed by atoms with Gasteiger partial charge in [-0.05, 0) is 25.1 Å². The van der Waals surface area contributed by atoms with Crippen LogP contribution in [0.15, 0.2) is 36.7 Å². The molecule has 18 heavy (non-hydrogen) atoms. The van der Waals surface area contributed by atoms with Crippen LogP contribution in [0.5, 0.6) is 0 Å². The van der Waals surface area contributed by atoms with Gasteiger partial charge in [0.25, 0.3) is 0 Å². The van der Waals surface area contributed by atoms with Gasteiger partial charge in [0.05, 0.1) is 5.69 Å². The Balaban J connectivity index is 2.40. The van der Waals surface area contributed by atoms with Gasteiger partial charge in [-0.25, -0.2) is 9.18 Å². The Morgan fingerprint density at radius 1 is 1.33 bits per heavy atom. The molecule has 0 spiro atoms. The van der Waals surface area contributed by atoms with E-state index >= 15 is 0 Å². The van der Waals surface area contributed by atoms with Gasteiger partial charge < -0.3 is 10.4 Å². The first kappa shape index (κ1) is 12.0. The van der Waals surface area contributed by atoms with Gasteiger partial charge in [0.1, 0.15) is 11.4 Å². The maximum atomic E-state index is 13.4. The van der Waals surface area contributed by atoms with E-state index in [0.29, 0.717) is 16.9 Å². The summed E-state index contributed by atoms with van der Waals surface area (Å²) in [6, 6.07) is 6.13. The minimum absolute atomic E-state index is 0.0427. The first-order valence-corrected chi connectivity index (χ1v) is 5.29. The van der Waals surface area contributed by atoms with E-state index in [0.717, 1.165) is 0 Å². The number of nitrogens with zero attached hydrogens (tertiary/aromatic N) is 1. The molecule has 4 nitrogen and oxygen atoms in total. The van der Waals surface area contributed by atoms with Gasteiger partial charge in [-0.1, -0.05) is 6.07 Å². The first-order valence-electron chi connectivity index (χ1n) is 5.29. The molecule has 2 N–H and O–H groups in total. The fourth-order valence-electron chi connectivity index (χ4n) is 1.56. The molecule has 0 radical (unpaired) electrons. The minimum Gasteiger partial charge on any atom is -0.478 e. The second-order valence-electron chi connectivity index (χ2n) is 3.76. The number of benzene rings is 1. The molecule has 0 aliphatic carbocycles. The molecule has 0 aliphatic heterocycles. The van der Waals surface area contributed by atoms with Gasteiger partial charge in [-0.3, -0.25) is 4.98 Å². The van der Waals surface area contributed by atoms with Crippen LogP contribution in [0.2, 0.25) is 0 Å². The van der Waals surface area contributed by atoms with Crippen LogP contribution in [0.25, 0.3) is 0 Å². The van der Waals surface area contributed by atoms with Crippen molar-refractivity contribution in [2.45, 2.75) is 6.92 Å². The molecular weight excluding hydrogens is 235 g/mol. The first-order chi connectivity index (χ1) is 8.59. The van der Waals surface area contributed by atoms with Crippen LogP contribution in [0.1, 0.15) is 15.9 Å². The van der Waals surface area contributed by atoms with Crippen molar-refractivity contribution in [2.24, 2.45) is 0 Å². The molecule has 1 heterocycles. The van der Waals surface area contributed by atoms with E-state index in [9.17, 15) is 9.18 Å². The quantitative estimate of drug-likeness (QED) is 0.874. The van der Waals surface area contributed by atoms with Crippen molar-refractivity contribution in [1.29, 1.82) is 0 Å². The number of carbonyl (C=O) groups is 1. The molecule has 5 heteroatoms. The summed E-state index contributed by atoms with van der Waals surface area (Å²) in [7, 11) is 0. The third-order valence-electron chi connectivity index (χ3n) is 2.59. The largest absolute Gasteiger partial charge is 0.478 e. The summed E-state index contributed by atoms with van der Waals surface area (Å²) >= 11 is 0. The van der Waals surface area contributed by atoms with Crippen molar-refractivity contribution >= 4 is 17.3 Å². The van der Waals surface area contributed by atoms with E-state index in [2.05, 4.69) is 10.3 Å². The molecule has 2 rings (SSSR count). The van der Waals surface area contributed by atoms with Gasteiger partial charge in [0.15, 0.2) is 0 Å². The predicted octanol–water partition coefficient (Wildman–Crippen LogP) is 2.97. The van der Waals surface area contributed by atoms with Crippen LogP contribution in [0.4, 0.5) is 15.8 Å². The number of aromatic carboxylic acids is 1. The fraction of sp³-hybridized carbons (Fsp3) is 0.0769. The number of carboxylic acid groups (broad SMARTS) is 1. The van der Waals surface area contributed by atoms with E-state index in [1.165, 1.54) is 24.5 Å². The number of hydrogen-bond acceptors (Lipinski definition) is 3. The molecule has 0 unspecified atom stereocenters. The Morgan fingerprint density at radius 2 is 2.11 bits per heavy atom. The molecule has 92 valence electrons. The van der Waals surface area contributed by atoms with E-state index in [-0.39, 0.29) is 11.4 Å². The van der Waals surface area contributed by atoms with Crippen LogP contribution in [-0.4, -0.2) is 16.1 Å². The SMILES string of the molecule is Cc1c(F)cccc1Nc1ccncc1C(=O)O. The lowest BCUT2D eigenvalue weighted by Crippen LogP contribution is -2.04. The van der Waals surface area contributed by atoms with Gasteiger partial charge in [0.2, 0.25) is 0 Å². The Bertz CT molecular complexity index is 599. The van der Waals surface area contributed by atoms with Crippen LogP contribution < -0.4 is 5.32 Å². The highest BCUT2D eigenvalue weighted by Gasteiger charge is 2.11. The summed E-state index contributed by atoms with van der Waals surface area (Å²) in [5, 5.41) is 11.9. The maximum Gasteiger partial charge on any atom is 0.339 e. The van der Waals surface area contributed by atoms with Gasteiger partial charge in [-0.2, -0.15) is 0 Å². The summed E-state index contributed by atoms with van der Waals surface area (Å²) in [5.74, 6) is -1.43. The van der Waals surface area contributed by atoms with Crippen molar-refractivity contribution in [3.8, 4) is 0 Å². The highest BCUT2D eigenvalue weighted by Crippen LogP contribution is 2.24. The second kappa shape index (κ2) is 4.83. The van der Waals surface area contributed by atoms with Crippen molar-refractivity contribution in [3.05, 3.63) is 53.6 Å². The molecule has 0 saturated carbocycles. The number of rotatable bonds is 3. The minimum atomic E-state index is -1.08. The van der Waals surface area contributed by atoms with Crippen molar-refractivity contribution < 1.29 is 14.3 Å². The van der Waals surface area contributed by atoms with Gasteiger partial charge in [-0.15, -0.1) is 0 Å². The van der Waals surface area contributed by atoms with E-state index in [1.54, 1.807) is 19.1 Å². The van der Waals surface area contributed by atoms with Crippen molar-refractivity contribution in [1.82, 2.24) is 4.98 Å². The zero-order chi connectivity index (χ0) is 13.1. The summed E-state index contributed by atoms with van der Waals surface area (Å²) in [6.45, 7) is 1.62. The molecule has 0 aliphatic rings. The van der Waals surface area contributed by atoms with E-state index in [1.807, 2.05) is 0 Å². The number of hydrogen-bond donors (Lipinski definition) is 2. The Labute approximate surface area is 103 Å². The van der Waals surface area contributed by atoms with Gasteiger partial charge >= 0.3 is 5.97 Å². The molecule has 1 aromatic carbocycles. The van der Waals surface area contributed by atoms with E-state index in [4.69, 9.17) is 5.11 Å². The second-order valence-corrected chi connectivity index (χ2v) is 3.76. The molecule has 0 atom stereocenters. The summed E-state index contributed by atoms with van der Waals surface area (Å²) in [6.07, 6.45) is 2.72. The summed E-state index contributed by atoms with van der Waals surface area (Å²) in [5.41, 5.74) is 1.39. The summed E-state index contributed by atoms with van der Waals surface area (Å²) in [4.78, 5) is 14.8. The smallest absolute Gasteiger partial charge is 0.339 e. The zero-order valence-corrected chi connectivity index (χ0v) is 9.64. The molecule has 0 fully saturated rings. The van der Waals surface area contributed by atoms with Crippen LogP contribution in [-0.2, 0) is 0 Å². The number of nitrogens with one attached hydrogen (secondary N) is 1. The molecule has 2 aromatic rings. The molecule has 0 bridgehead atoms.